The molecule has 7 nitrogen and oxygen atoms in total. The van der Waals surface area contributed by atoms with Gasteiger partial charge in [-0.1, -0.05) is 127 Å². The van der Waals surface area contributed by atoms with E-state index in [1.54, 1.807) is 24.3 Å². The second-order valence-corrected chi connectivity index (χ2v) is 12.0. The van der Waals surface area contributed by atoms with Gasteiger partial charge in [0.2, 0.25) is 5.91 Å². The molecule has 1 aliphatic carbocycles. The summed E-state index contributed by atoms with van der Waals surface area (Å²) in [6.45, 7) is 0.873. The van der Waals surface area contributed by atoms with Crippen molar-refractivity contribution in [1.29, 1.82) is 5.41 Å². The molecule has 0 aliphatic heterocycles. The number of carbonyl (C=O) groups is 2. The number of hydrogen-bond donors (Lipinski definition) is 4. The first kappa shape index (κ1) is 31.5. The molecule has 0 bridgehead atoms. The molecule has 4 N–H and O–H groups in total. The van der Waals surface area contributed by atoms with Crippen LogP contribution < -0.4 is 15.5 Å². The van der Waals surface area contributed by atoms with E-state index in [-0.39, 0.29) is 30.6 Å². The van der Waals surface area contributed by atoms with E-state index in [0.29, 0.717) is 25.1 Å². The first-order valence-corrected chi connectivity index (χ1v) is 15.9. The average molecular weight is 623 g/mol. The summed E-state index contributed by atoms with van der Waals surface area (Å²) in [5, 5.41) is 25.3. The minimum atomic E-state index is -1.22. The molecule has 0 saturated carbocycles. The van der Waals surface area contributed by atoms with E-state index in [1.807, 2.05) is 78.9 Å². The summed E-state index contributed by atoms with van der Waals surface area (Å²) in [6, 6.07) is 45.3. The van der Waals surface area contributed by atoms with Gasteiger partial charge in [-0.2, -0.15) is 0 Å². The van der Waals surface area contributed by atoms with Crippen LogP contribution in [0.25, 0.3) is 0 Å². The number of rotatable bonds is 11. The Labute approximate surface area is 275 Å². The van der Waals surface area contributed by atoms with Crippen LogP contribution in [0.15, 0.2) is 140 Å². The summed E-state index contributed by atoms with van der Waals surface area (Å²) in [7, 11) is 0. The lowest BCUT2D eigenvalue weighted by Crippen LogP contribution is -2.58. The highest BCUT2D eigenvalue weighted by molar-refractivity contribution is 6.13. The molecule has 0 atom stereocenters. The number of carboxylic acid groups (broad SMARTS) is 1. The van der Waals surface area contributed by atoms with Crippen molar-refractivity contribution < 1.29 is 14.7 Å². The van der Waals surface area contributed by atoms with Crippen LogP contribution in [0, 0.1) is 5.41 Å². The first-order chi connectivity index (χ1) is 22.9. The van der Waals surface area contributed by atoms with Gasteiger partial charge < -0.3 is 15.7 Å². The third-order valence-electron chi connectivity index (χ3n) is 8.91. The number of anilines is 1. The summed E-state index contributed by atoms with van der Waals surface area (Å²) in [4.78, 5) is 27.2. The van der Waals surface area contributed by atoms with E-state index >= 15 is 0 Å². The number of amides is 2. The van der Waals surface area contributed by atoms with Crippen molar-refractivity contribution in [3.8, 4) is 0 Å². The van der Waals surface area contributed by atoms with Crippen LogP contribution in [-0.2, 0) is 30.6 Å². The van der Waals surface area contributed by atoms with E-state index in [1.165, 1.54) is 22.3 Å². The fourth-order valence-electron chi connectivity index (χ4n) is 6.44. The number of hydrogen-bond acceptors (Lipinski definition) is 4. The fourth-order valence-corrected chi connectivity index (χ4v) is 6.44. The van der Waals surface area contributed by atoms with Gasteiger partial charge in [-0.25, -0.2) is 9.69 Å². The Morgan fingerprint density at radius 2 is 1.21 bits per heavy atom. The highest BCUT2D eigenvalue weighted by Crippen LogP contribution is 2.32. The van der Waals surface area contributed by atoms with Gasteiger partial charge in [0.25, 0.3) is 0 Å². The average Bonchev–Trinajstić information content (AvgIpc) is 3.49. The Bertz CT molecular complexity index is 1760. The molecule has 5 aromatic carbocycles. The maximum Gasteiger partial charge on any atom is 0.417 e. The Morgan fingerprint density at radius 1 is 0.702 bits per heavy atom. The number of benzene rings is 5. The summed E-state index contributed by atoms with van der Waals surface area (Å²) < 4.78 is 0. The predicted molar refractivity (Wildman–Crippen MR) is 186 cm³/mol. The molecule has 7 heteroatoms. The maximum atomic E-state index is 14.1. The zero-order valence-electron chi connectivity index (χ0n) is 26.1. The maximum absolute atomic E-state index is 14.1. The number of amidine groups is 1. The molecule has 2 amide bonds. The molecule has 5 aromatic rings. The van der Waals surface area contributed by atoms with Gasteiger partial charge in [0.15, 0.2) is 0 Å². The van der Waals surface area contributed by atoms with Crippen molar-refractivity contribution in [2.24, 2.45) is 0 Å². The lowest BCUT2D eigenvalue weighted by atomic mass is 9.88. The van der Waals surface area contributed by atoms with E-state index in [4.69, 9.17) is 5.41 Å². The molecular formula is C40H38N4O3. The van der Waals surface area contributed by atoms with Gasteiger partial charge in [0.05, 0.1) is 5.69 Å². The molecular weight excluding hydrogens is 584 g/mol. The van der Waals surface area contributed by atoms with E-state index in [2.05, 4.69) is 47.0 Å². The predicted octanol–water partition coefficient (Wildman–Crippen LogP) is 6.97. The van der Waals surface area contributed by atoms with Gasteiger partial charge in [-0.15, -0.1) is 0 Å². The Kier molecular flexibility index (Phi) is 9.55. The molecule has 0 fully saturated rings. The fraction of sp³-hybridized carbons (Fsp3) is 0.175. The third kappa shape index (κ3) is 7.32. The zero-order chi connectivity index (χ0) is 32.6. The molecule has 0 spiro atoms. The summed E-state index contributed by atoms with van der Waals surface area (Å²) >= 11 is 0. The molecule has 0 heterocycles. The molecule has 6 rings (SSSR count). The van der Waals surface area contributed by atoms with E-state index in [0.717, 1.165) is 16.0 Å². The van der Waals surface area contributed by atoms with Crippen LogP contribution in [0.1, 0.15) is 39.3 Å². The molecule has 0 saturated heterocycles. The highest BCUT2D eigenvalue weighted by Gasteiger charge is 2.43. The van der Waals surface area contributed by atoms with Crippen molar-refractivity contribution in [2.75, 3.05) is 11.4 Å². The highest BCUT2D eigenvalue weighted by atomic mass is 16.4. The lowest BCUT2D eigenvalue weighted by molar-refractivity contribution is -0.127. The minimum Gasteiger partial charge on any atom is -0.464 e. The van der Waals surface area contributed by atoms with Gasteiger partial charge in [0, 0.05) is 38.3 Å². The van der Waals surface area contributed by atoms with Gasteiger partial charge >= 0.3 is 6.09 Å². The Morgan fingerprint density at radius 3 is 1.74 bits per heavy atom. The zero-order valence-corrected chi connectivity index (χ0v) is 26.1. The largest absolute Gasteiger partial charge is 0.464 e. The van der Waals surface area contributed by atoms with Crippen LogP contribution in [-0.4, -0.2) is 35.0 Å². The molecule has 236 valence electrons. The van der Waals surface area contributed by atoms with Gasteiger partial charge in [0.1, 0.15) is 11.4 Å². The third-order valence-corrected chi connectivity index (χ3v) is 8.91. The second-order valence-electron chi connectivity index (χ2n) is 12.0. The first-order valence-electron chi connectivity index (χ1n) is 15.9. The monoisotopic (exact) mass is 622 g/mol. The summed E-state index contributed by atoms with van der Waals surface area (Å²) in [6.07, 6.45) is 0.144. The normalized spacial score (nSPS) is 13.1. The summed E-state index contributed by atoms with van der Waals surface area (Å²) in [5.74, 6) is -0.0477. The van der Waals surface area contributed by atoms with Crippen molar-refractivity contribution in [3.05, 3.63) is 173 Å². The molecule has 0 radical (unpaired) electrons. The smallest absolute Gasteiger partial charge is 0.417 e. The van der Waals surface area contributed by atoms with Crippen molar-refractivity contribution >= 4 is 23.5 Å². The van der Waals surface area contributed by atoms with Crippen molar-refractivity contribution in [2.45, 2.75) is 37.3 Å². The standard InChI is InChI=1S/C40H38N4O3/c41-37(24-29-12-4-1-5-13-29)44(39(46)47)35-22-20-30(21-23-35)27-42-38(45)40(25-33-18-10-11-19-34(33)26-40)43-28-36(31-14-6-2-7-15-31)32-16-8-3-9-17-32/h1-23,36,41,43H,24-28H2,(H,42,45)(H,46,47). The molecule has 0 unspecified atom stereocenters. The van der Waals surface area contributed by atoms with E-state index < -0.39 is 11.6 Å². The molecule has 0 aromatic heterocycles. The number of fused-ring (bicyclic) bond motifs is 1. The lowest BCUT2D eigenvalue weighted by Gasteiger charge is -2.32. The SMILES string of the molecule is N=C(Cc1ccccc1)N(C(=O)O)c1ccc(CNC(=O)C2(NCC(c3ccccc3)c3ccccc3)Cc3ccccc3C2)cc1. The second kappa shape index (κ2) is 14.3. The quantitative estimate of drug-likeness (QED) is 0.0944. The van der Waals surface area contributed by atoms with Crippen LogP contribution in [0.5, 0.6) is 0 Å². The van der Waals surface area contributed by atoms with Crippen molar-refractivity contribution in [1.82, 2.24) is 10.6 Å². The number of nitrogens with one attached hydrogen (secondary N) is 3. The number of nitrogens with zero attached hydrogens (tertiary/aromatic N) is 1. The molecule has 47 heavy (non-hydrogen) atoms. The van der Waals surface area contributed by atoms with Crippen LogP contribution in [0.3, 0.4) is 0 Å². The van der Waals surface area contributed by atoms with Crippen LogP contribution in [0.2, 0.25) is 0 Å². The van der Waals surface area contributed by atoms with Gasteiger partial charge in [-0.3, -0.25) is 10.2 Å². The summed E-state index contributed by atoms with van der Waals surface area (Å²) in [5.41, 5.74) is 5.96. The van der Waals surface area contributed by atoms with Gasteiger partial charge in [-0.05, 0) is 45.5 Å². The van der Waals surface area contributed by atoms with E-state index in [9.17, 15) is 14.7 Å². The molecule has 1 aliphatic rings. The topological polar surface area (TPSA) is 106 Å². The van der Waals surface area contributed by atoms with Crippen LogP contribution in [0.4, 0.5) is 10.5 Å². The van der Waals surface area contributed by atoms with Crippen LogP contribution >= 0.6 is 0 Å². The number of carbonyl (C=O) groups excluding carboxylic acids is 1. The Hall–Kier alpha value is -5.53. The Balaban J connectivity index is 1.17. The van der Waals surface area contributed by atoms with Crippen molar-refractivity contribution in [3.63, 3.8) is 0 Å². The minimum absolute atomic E-state index is 0.0390.